The van der Waals surface area contributed by atoms with Crippen LogP contribution in [0.1, 0.15) is 52.3 Å². The lowest BCUT2D eigenvalue weighted by Crippen LogP contribution is -2.30. The Morgan fingerprint density at radius 2 is 1.29 bits per heavy atom. The van der Waals surface area contributed by atoms with Gasteiger partial charge < -0.3 is 5.11 Å². The monoisotopic (exact) mass is 452 g/mol. The molecular weight excluding hydrogens is 424 g/mol. The highest BCUT2D eigenvalue weighted by Gasteiger charge is 2.42. The van der Waals surface area contributed by atoms with Gasteiger partial charge in [-0.3, -0.25) is 0 Å². The fourth-order valence-corrected chi connectivity index (χ4v) is 5.36. The van der Waals surface area contributed by atoms with Crippen molar-refractivity contribution in [3.63, 3.8) is 0 Å². The van der Waals surface area contributed by atoms with E-state index >= 15 is 0 Å². The van der Waals surface area contributed by atoms with Crippen LogP contribution in [-0.2, 0) is 5.41 Å². The quantitative estimate of drug-likeness (QED) is 0.323. The number of nitrogens with one attached hydrogen (secondary N) is 2. The predicted octanol–water partition coefficient (Wildman–Crippen LogP) is 5.58. The van der Waals surface area contributed by atoms with Gasteiger partial charge in [-0.25, -0.2) is 0 Å². The van der Waals surface area contributed by atoms with Crippen LogP contribution in [-0.4, -0.2) is 35.9 Å². The summed E-state index contributed by atoms with van der Waals surface area (Å²) in [7, 11) is 0. The van der Waals surface area contributed by atoms with Crippen LogP contribution in [0.4, 0.5) is 0 Å². The first-order valence-corrected chi connectivity index (χ1v) is 11.4. The maximum atomic E-state index is 11.4. The van der Waals surface area contributed by atoms with Gasteiger partial charge in [-0.05, 0) is 85.2 Å². The van der Waals surface area contributed by atoms with Crippen LogP contribution in [0.5, 0.6) is 5.75 Å². The number of H-pyrrole nitrogens is 2. The number of hydrogen-bond donors (Lipinski definition) is 3. The highest BCUT2D eigenvalue weighted by molar-refractivity contribution is 5.93. The van der Waals surface area contributed by atoms with Crippen molar-refractivity contribution in [1.29, 1.82) is 0 Å². The van der Waals surface area contributed by atoms with E-state index in [4.69, 9.17) is 0 Å². The van der Waals surface area contributed by atoms with Gasteiger partial charge in [0.25, 0.3) is 0 Å². The van der Waals surface area contributed by atoms with Crippen LogP contribution in [0, 0.1) is 27.7 Å². The number of phenols is 1. The summed E-state index contributed by atoms with van der Waals surface area (Å²) in [6, 6.07) is 12.0. The Balaban J connectivity index is 1.94. The van der Waals surface area contributed by atoms with E-state index in [-0.39, 0.29) is 5.75 Å². The summed E-state index contributed by atoms with van der Waals surface area (Å²) in [5, 5.41) is 34.7. The largest absolute Gasteiger partial charge is 0.507 e. The van der Waals surface area contributed by atoms with Crippen molar-refractivity contribution in [3.05, 3.63) is 81.9 Å². The van der Waals surface area contributed by atoms with Gasteiger partial charge in [0.15, 0.2) is 0 Å². The molecule has 0 unspecified atom stereocenters. The molecule has 2 heterocycles. The molecule has 0 amide bonds. The van der Waals surface area contributed by atoms with Gasteiger partial charge in [-0.2, -0.15) is 30.8 Å². The van der Waals surface area contributed by atoms with Crippen molar-refractivity contribution in [3.8, 4) is 5.75 Å². The Bertz CT molecular complexity index is 1470. The molecular formula is C27H28N6O. The highest BCUT2D eigenvalue weighted by atomic mass is 16.3. The molecule has 0 saturated heterocycles. The summed E-state index contributed by atoms with van der Waals surface area (Å²) < 4.78 is 0. The lowest BCUT2D eigenvalue weighted by molar-refractivity contribution is 0.466. The van der Waals surface area contributed by atoms with Gasteiger partial charge in [0.2, 0.25) is 0 Å². The SMILES string of the molecule is C=C(c1c(C)c(C)c(C)c(C)c1O)C(CC)(c1cccc2n[nH]nc12)c1cccc2n[nH]nc12. The van der Waals surface area contributed by atoms with E-state index in [9.17, 15) is 5.11 Å². The normalized spacial score (nSPS) is 12.0. The molecule has 0 fully saturated rings. The summed E-state index contributed by atoms with van der Waals surface area (Å²) in [4.78, 5) is 0. The van der Waals surface area contributed by atoms with E-state index in [1.165, 1.54) is 0 Å². The van der Waals surface area contributed by atoms with E-state index in [2.05, 4.69) is 70.3 Å². The molecule has 0 aliphatic heterocycles. The number of benzene rings is 3. The van der Waals surface area contributed by atoms with E-state index < -0.39 is 5.41 Å². The van der Waals surface area contributed by atoms with Gasteiger partial charge in [0.05, 0.1) is 0 Å². The van der Waals surface area contributed by atoms with E-state index in [1.54, 1.807) is 0 Å². The van der Waals surface area contributed by atoms with Crippen molar-refractivity contribution < 1.29 is 5.11 Å². The molecule has 0 saturated carbocycles. The number of allylic oxidation sites excluding steroid dienone is 1. The lowest BCUT2D eigenvalue weighted by atomic mass is 9.64. The molecule has 0 bridgehead atoms. The molecule has 3 aromatic carbocycles. The number of aromatic hydroxyl groups is 1. The van der Waals surface area contributed by atoms with Gasteiger partial charge in [-0.1, -0.05) is 37.8 Å². The summed E-state index contributed by atoms with van der Waals surface area (Å²) >= 11 is 0. The zero-order chi connectivity index (χ0) is 24.2. The Labute approximate surface area is 197 Å². The summed E-state index contributed by atoms with van der Waals surface area (Å²) in [5.41, 5.74) is 9.92. The Morgan fingerprint density at radius 3 is 1.79 bits per heavy atom. The van der Waals surface area contributed by atoms with Crippen LogP contribution >= 0.6 is 0 Å². The van der Waals surface area contributed by atoms with E-state index in [0.29, 0.717) is 6.42 Å². The molecule has 0 radical (unpaired) electrons. The minimum Gasteiger partial charge on any atom is -0.507 e. The van der Waals surface area contributed by atoms with E-state index in [0.717, 1.165) is 66.6 Å². The minimum atomic E-state index is -0.747. The third kappa shape index (κ3) is 2.83. The fourth-order valence-electron chi connectivity index (χ4n) is 5.36. The van der Waals surface area contributed by atoms with Crippen LogP contribution in [0.2, 0.25) is 0 Å². The molecule has 5 rings (SSSR count). The minimum absolute atomic E-state index is 0.267. The van der Waals surface area contributed by atoms with Crippen LogP contribution in [0.15, 0.2) is 43.0 Å². The molecule has 2 aromatic heterocycles. The molecule has 0 spiro atoms. The topological polar surface area (TPSA) is 103 Å². The second kappa shape index (κ2) is 7.80. The van der Waals surface area contributed by atoms with E-state index in [1.807, 2.05) is 38.1 Å². The number of hydrogen-bond acceptors (Lipinski definition) is 5. The molecule has 7 heteroatoms. The molecule has 0 atom stereocenters. The third-order valence-corrected chi connectivity index (χ3v) is 7.62. The number of rotatable bonds is 5. The van der Waals surface area contributed by atoms with Crippen LogP contribution < -0.4 is 0 Å². The van der Waals surface area contributed by atoms with Gasteiger partial charge in [0.1, 0.15) is 27.8 Å². The summed E-state index contributed by atoms with van der Waals surface area (Å²) in [6.45, 7) is 14.9. The smallest absolute Gasteiger partial charge is 0.126 e. The third-order valence-electron chi connectivity index (χ3n) is 7.62. The molecule has 34 heavy (non-hydrogen) atoms. The maximum absolute atomic E-state index is 11.4. The van der Waals surface area contributed by atoms with Crippen molar-refractivity contribution in [2.45, 2.75) is 46.5 Å². The summed E-state index contributed by atoms with van der Waals surface area (Å²) in [6.07, 6.45) is 0.661. The highest BCUT2D eigenvalue weighted by Crippen LogP contribution is 2.52. The van der Waals surface area contributed by atoms with Gasteiger partial charge >= 0.3 is 0 Å². The molecule has 3 N–H and O–H groups in total. The molecule has 5 aromatic rings. The maximum Gasteiger partial charge on any atom is 0.126 e. The number of aromatic amines is 2. The lowest BCUT2D eigenvalue weighted by Gasteiger charge is -2.38. The molecule has 7 nitrogen and oxygen atoms in total. The average Bonchev–Trinajstić information content (AvgIpc) is 3.52. The van der Waals surface area contributed by atoms with Crippen LogP contribution in [0.3, 0.4) is 0 Å². The predicted molar refractivity (Wildman–Crippen MR) is 135 cm³/mol. The van der Waals surface area contributed by atoms with Crippen molar-refractivity contribution in [2.75, 3.05) is 0 Å². The molecule has 0 aliphatic rings. The molecule has 0 aliphatic carbocycles. The zero-order valence-electron chi connectivity index (χ0n) is 20.1. The number of aromatic nitrogens is 6. The van der Waals surface area contributed by atoms with Crippen LogP contribution in [0.25, 0.3) is 27.6 Å². The molecule has 172 valence electrons. The Morgan fingerprint density at radius 1 is 0.794 bits per heavy atom. The second-order valence-corrected chi connectivity index (χ2v) is 8.95. The van der Waals surface area contributed by atoms with Crippen molar-refractivity contribution in [1.82, 2.24) is 30.8 Å². The first kappa shape index (κ1) is 21.8. The number of phenolic OH excluding ortho intramolecular Hbond substituents is 1. The van der Waals surface area contributed by atoms with Crippen molar-refractivity contribution >= 4 is 27.6 Å². The zero-order valence-corrected chi connectivity index (χ0v) is 20.1. The number of nitrogens with zero attached hydrogens (tertiary/aromatic N) is 4. The summed E-state index contributed by atoms with van der Waals surface area (Å²) in [5.74, 6) is 0.267. The second-order valence-electron chi connectivity index (χ2n) is 8.95. The first-order chi connectivity index (χ1) is 16.3. The fraction of sp³-hybridized carbons (Fsp3) is 0.259. The van der Waals surface area contributed by atoms with Gasteiger partial charge in [-0.15, -0.1) is 0 Å². The number of fused-ring (bicyclic) bond motifs is 2. The Hall–Kier alpha value is -4.00. The first-order valence-electron chi connectivity index (χ1n) is 11.4. The van der Waals surface area contributed by atoms with Gasteiger partial charge in [0, 0.05) is 11.0 Å². The number of para-hydroxylation sites is 2. The average molecular weight is 453 g/mol. The van der Waals surface area contributed by atoms with Crippen molar-refractivity contribution in [2.24, 2.45) is 0 Å². The standard InChI is InChI=1S/C27H28N6O/c1-7-27(19-10-8-12-21-24(19)30-32-28-21,20-11-9-13-22-25(20)31-33-29-22)18(6)23-16(4)14(2)15(3)17(5)26(23)34/h8-13,34H,6-7H2,1-5H3,(H,28,30,32)(H,29,31,33). The Kier molecular flexibility index (Phi) is 5.01.